The molecule has 0 spiro atoms. The van der Waals surface area contributed by atoms with Gasteiger partial charge in [-0.25, -0.2) is 13.1 Å². The Morgan fingerprint density at radius 2 is 1.93 bits per heavy atom. The minimum Gasteiger partial charge on any atom is -0.480 e. The maximum atomic E-state index is 11.3. The lowest BCUT2D eigenvalue weighted by Gasteiger charge is -2.09. The van der Waals surface area contributed by atoms with Crippen molar-refractivity contribution < 1.29 is 18.3 Å². The first kappa shape index (κ1) is 11.5. The summed E-state index contributed by atoms with van der Waals surface area (Å²) in [6.07, 6.45) is 4.04. The van der Waals surface area contributed by atoms with Gasteiger partial charge < -0.3 is 5.11 Å². The Bertz CT molecular complexity index is 292. The van der Waals surface area contributed by atoms with Crippen molar-refractivity contribution in [1.29, 1.82) is 0 Å². The van der Waals surface area contributed by atoms with E-state index in [2.05, 4.69) is 4.72 Å². The van der Waals surface area contributed by atoms with Gasteiger partial charge in [0.2, 0.25) is 10.0 Å². The normalized spacial score (nSPS) is 18.6. The highest BCUT2D eigenvalue weighted by Crippen LogP contribution is 2.25. The molecule has 14 heavy (non-hydrogen) atoms. The van der Waals surface area contributed by atoms with Gasteiger partial charge in [0.05, 0.1) is 5.75 Å². The van der Waals surface area contributed by atoms with E-state index in [-0.39, 0.29) is 11.7 Å². The largest absolute Gasteiger partial charge is 0.480 e. The number of carbonyl (C=O) groups is 1. The van der Waals surface area contributed by atoms with Crippen LogP contribution in [0.25, 0.3) is 0 Å². The fourth-order valence-corrected chi connectivity index (χ4v) is 3.13. The van der Waals surface area contributed by atoms with Crippen LogP contribution in [-0.4, -0.2) is 31.8 Å². The van der Waals surface area contributed by atoms with E-state index in [1.807, 2.05) is 0 Å². The van der Waals surface area contributed by atoms with Crippen LogP contribution in [0.5, 0.6) is 0 Å². The maximum Gasteiger partial charge on any atom is 0.318 e. The fraction of sp³-hybridized carbons (Fsp3) is 0.875. The van der Waals surface area contributed by atoms with Crippen molar-refractivity contribution in [3.8, 4) is 0 Å². The van der Waals surface area contributed by atoms with Crippen LogP contribution in [0.15, 0.2) is 0 Å². The van der Waals surface area contributed by atoms with Gasteiger partial charge in [0.25, 0.3) is 0 Å². The van der Waals surface area contributed by atoms with Gasteiger partial charge in [0.15, 0.2) is 0 Å². The lowest BCUT2D eigenvalue weighted by Crippen LogP contribution is -2.33. The summed E-state index contributed by atoms with van der Waals surface area (Å²) in [4.78, 5) is 10.2. The Kier molecular flexibility index (Phi) is 3.88. The molecule has 1 fully saturated rings. The Morgan fingerprint density at radius 3 is 2.43 bits per heavy atom. The summed E-state index contributed by atoms with van der Waals surface area (Å²) in [5.74, 6) is -0.874. The second-order valence-corrected chi connectivity index (χ2v) is 5.50. The first-order valence-corrected chi connectivity index (χ1v) is 6.34. The van der Waals surface area contributed by atoms with Gasteiger partial charge in [0.1, 0.15) is 6.54 Å². The second kappa shape index (κ2) is 4.75. The highest BCUT2D eigenvalue weighted by atomic mass is 32.2. The van der Waals surface area contributed by atoms with Crippen LogP contribution < -0.4 is 4.72 Å². The average molecular weight is 221 g/mol. The minimum absolute atomic E-state index is 0.0697. The van der Waals surface area contributed by atoms with Crippen molar-refractivity contribution in [3.05, 3.63) is 0 Å². The molecule has 0 radical (unpaired) electrons. The molecule has 0 saturated heterocycles. The van der Waals surface area contributed by atoms with Crippen LogP contribution >= 0.6 is 0 Å². The van der Waals surface area contributed by atoms with Gasteiger partial charge in [-0.15, -0.1) is 0 Å². The van der Waals surface area contributed by atoms with E-state index in [9.17, 15) is 13.2 Å². The van der Waals surface area contributed by atoms with Gasteiger partial charge in [-0.3, -0.25) is 4.79 Å². The van der Waals surface area contributed by atoms with Crippen molar-refractivity contribution in [2.75, 3.05) is 12.3 Å². The molecule has 0 bridgehead atoms. The van der Waals surface area contributed by atoms with Gasteiger partial charge in [-0.2, -0.15) is 0 Å². The van der Waals surface area contributed by atoms with E-state index in [4.69, 9.17) is 5.11 Å². The number of rotatable bonds is 5. The van der Waals surface area contributed by atoms with Gasteiger partial charge >= 0.3 is 5.97 Å². The number of carboxylic acids is 1. The molecule has 0 aromatic carbocycles. The quantitative estimate of drug-likeness (QED) is 0.693. The third-order valence-corrected chi connectivity index (χ3v) is 3.87. The minimum atomic E-state index is -3.39. The molecule has 1 saturated carbocycles. The van der Waals surface area contributed by atoms with E-state index in [0.29, 0.717) is 0 Å². The van der Waals surface area contributed by atoms with E-state index in [0.717, 1.165) is 25.7 Å². The Hall–Kier alpha value is -0.620. The lowest BCUT2D eigenvalue weighted by molar-refractivity contribution is -0.135. The summed E-state index contributed by atoms with van der Waals surface area (Å²) in [6.45, 7) is -0.519. The summed E-state index contributed by atoms with van der Waals surface area (Å²) < 4.78 is 24.7. The van der Waals surface area contributed by atoms with Crippen LogP contribution in [0.3, 0.4) is 0 Å². The number of aliphatic carboxylic acids is 1. The molecule has 1 aliphatic rings. The fourth-order valence-electron chi connectivity index (χ4n) is 1.72. The monoisotopic (exact) mass is 221 g/mol. The maximum absolute atomic E-state index is 11.3. The number of sulfonamides is 1. The molecular formula is C8H15NO4S. The van der Waals surface area contributed by atoms with E-state index in [1.54, 1.807) is 0 Å². The topological polar surface area (TPSA) is 83.5 Å². The number of carboxylic acid groups (broad SMARTS) is 1. The molecule has 0 aromatic rings. The van der Waals surface area contributed by atoms with Crippen LogP contribution in [-0.2, 0) is 14.8 Å². The molecule has 0 amide bonds. The predicted molar refractivity (Wildman–Crippen MR) is 51.4 cm³/mol. The van der Waals surface area contributed by atoms with Crippen LogP contribution in [0.4, 0.5) is 0 Å². The van der Waals surface area contributed by atoms with E-state index >= 15 is 0 Å². The third-order valence-electron chi connectivity index (χ3n) is 2.37. The van der Waals surface area contributed by atoms with Gasteiger partial charge in [0, 0.05) is 0 Å². The van der Waals surface area contributed by atoms with Crippen molar-refractivity contribution >= 4 is 16.0 Å². The predicted octanol–water partition coefficient (Wildman–Crippen LogP) is 0.181. The Labute approximate surface area is 83.6 Å². The summed E-state index contributed by atoms with van der Waals surface area (Å²) >= 11 is 0. The summed E-state index contributed by atoms with van der Waals surface area (Å²) in [5.41, 5.74) is 0. The first-order chi connectivity index (χ1) is 6.49. The van der Waals surface area contributed by atoms with Crippen LogP contribution in [0.2, 0.25) is 0 Å². The molecule has 2 N–H and O–H groups in total. The molecule has 82 valence electrons. The molecule has 0 unspecified atom stereocenters. The molecular weight excluding hydrogens is 206 g/mol. The van der Waals surface area contributed by atoms with E-state index in [1.165, 1.54) is 0 Å². The molecule has 1 rings (SSSR count). The molecule has 0 aliphatic heterocycles. The smallest absolute Gasteiger partial charge is 0.318 e. The Balaban J connectivity index is 2.36. The second-order valence-electron chi connectivity index (χ2n) is 3.65. The molecule has 0 heterocycles. The van der Waals surface area contributed by atoms with E-state index < -0.39 is 22.5 Å². The molecule has 0 aromatic heterocycles. The zero-order valence-corrected chi connectivity index (χ0v) is 8.72. The van der Waals surface area contributed by atoms with Gasteiger partial charge in [-0.05, 0) is 18.8 Å². The zero-order valence-electron chi connectivity index (χ0n) is 7.90. The SMILES string of the molecule is O=C(O)CNS(=O)(=O)CC1CCCC1. The van der Waals surface area contributed by atoms with Crippen LogP contribution in [0, 0.1) is 5.92 Å². The molecule has 6 heteroatoms. The number of hydrogen-bond donors (Lipinski definition) is 2. The van der Waals surface area contributed by atoms with Crippen molar-refractivity contribution in [2.24, 2.45) is 5.92 Å². The van der Waals surface area contributed by atoms with Crippen LogP contribution in [0.1, 0.15) is 25.7 Å². The van der Waals surface area contributed by atoms with Crippen molar-refractivity contribution in [2.45, 2.75) is 25.7 Å². The summed E-state index contributed by atoms with van der Waals surface area (Å²) in [7, 11) is -3.39. The number of nitrogens with one attached hydrogen (secondary N) is 1. The van der Waals surface area contributed by atoms with Crippen molar-refractivity contribution in [3.63, 3.8) is 0 Å². The number of hydrogen-bond acceptors (Lipinski definition) is 3. The lowest BCUT2D eigenvalue weighted by atomic mass is 10.1. The molecule has 1 aliphatic carbocycles. The zero-order chi connectivity index (χ0) is 10.6. The highest BCUT2D eigenvalue weighted by molar-refractivity contribution is 7.89. The Morgan fingerprint density at radius 1 is 1.36 bits per heavy atom. The molecule has 5 nitrogen and oxygen atoms in total. The highest BCUT2D eigenvalue weighted by Gasteiger charge is 2.22. The molecule has 0 atom stereocenters. The third kappa shape index (κ3) is 4.06. The van der Waals surface area contributed by atoms with Gasteiger partial charge in [-0.1, -0.05) is 12.8 Å². The first-order valence-electron chi connectivity index (χ1n) is 4.69. The summed E-state index contributed by atoms with van der Waals surface area (Å²) in [5, 5.41) is 8.31. The van der Waals surface area contributed by atoms with Crippen molar-refractivity contribution in [1.82, 2.24) is 4.72 Å². The average Bonchev–Trinajstić information content (AvgIpc) is 2.53. The standard InChI is InChI=1S/C8H15NO4S/c10-8(11)5-9-14(12,13)6-7-3-1-2-4-7/h7,9H,1-6H2,(H,10,11). The summed E-state index contributed by atoms with van der Waals surface area (Å²) in [6, 6.07) is 0.